The van der Waals surface area contributed by atoms with Crippen LogP contribution in [0.4, 0.5) is 0 Å². The highest BCUT2D eigenvalue weighted by molar-refractivity contribution is 6.37. The number of benzene rings is 2. The lowest BCUT2D eigenvalue weighted by Crippen LogP contribution is -2.30. The third-order valence-corrected chi connectivity index (χ3v) is 2.54. The lowest BCUT2D eigenvalue weighted by atomic mass is 10.1. The molecule has 0 aliphatic carbocycles. The lowest BCUT2D eigenvalue weighted by molar-refractivity contribution is -0.298. The highest BCUT2D eigenvalue weighted by atomic mass is 16.4. The fourth-order valence-electron chi connectivity index (χ4n) is 1.64. The molecule has 88 valence electrons. The third-order valence-electron chi connectivity index (χ3n) is 2.54. The van der Waals surface area contributed by atoms with Crippen molar-refractivity contribution < 1.29 is 14.7 Å². The molecule has 0 amide bonds. The summed E-state index contributed by atoms with van der Waals surface area (Å²) in [6.45, 7) is 0. The molecular weight excluding hydrogens is 228 g/mol. The van der Waals surface area contributed by atoms with Crippen LogP contribution in [-0.2, 0) is 4.79 Å². The molecule has 0 radical (unpaired) electrons. The molecule has 0 heterocycles. The van der Waals surface area contributed by atoms with E-state index in [0.29, 0.717) is 0 Å². The van der Waals surface area contributed by atoms with Crippen LogP contribution in [0.3, 0.4) is 0 Å². The SMILES string of the molecule is N=[N+]=C(C=Cc1ccc2ccccc2c1)C(=O)[O-]. The van der Waals surface area contributed by atoms with Gasteiger partial charge in [0.25, 0.3) is 0 Å². The molecule has 2 aromatic rings. The van der Waals surface area contributed by atoms with Crippen molar-refractivity contribution in [3.8, 4) is 0 Å². The molecule has 0 atom stereocenters. The topological polar surface area (TPSA) is 78.1 Å². The molecule has 0 aliphatic rings. The van der Waals surface area contributed by atoms with Crippen molar-refractivity contribution in [2.24, 2.45) is 0 Å². The predicted molar refractivity (Wildman–Crippen MR) is 66.0 cm³/mol. The number of carbonyl (C=O) groups is 1. The summed E-state index contributed by atoms with van der Waals surface area (Å²) in [5.41, 5.74) is 7.15. The molecule has 2 aromatic carbocycles. The maximum absolute atomic E-state index is 10.6. The maximum atomic E-state index is 10.6. The zero-order chi connectivity index (χ0) is 13.0. The summed E-state index contributed by atoms with van der Waals surface area (Å²) in [6.07, 6.45) is 2.85. The predicted octanol–water partition coefficient (Wildman–Crippen LogP) is 1.28. The summed E-state index contributed by atoms with van der Waals surface area (Å²) < 4.78 is 0. The number of carbonyl (C=O) groups excluding carboxylic acids is 1. The molecule has 4 nitrogen and oxygen atoms in total. The summed E-state index contributed by atoms with van der Waals surface area (Å²) in [5, 5.41) is 12.7. The molecule has 0 saturated carbocycles. The smallest absolute Gasteiger partial charge is 0.387 e. The Labute approximate surface area is 103 Å². The van der Waals surface area contributed by atoms with Gasteiger partial charge in [0.15, 0.2) is 5.97 Å². The van der Waals surface area contributed by atoms with Crippen LogP contribution in [0.15, 0.2) is 48.5 Å². The van der Waals surface area contributed by atoms with Crippen LogP contribution in [0, 0.1) is 5.53 Å². The molecular formula is C14H10N2O2. The fourth-order valence-corrected chi connectivity index (χ4v) is 1.64. The molecule has 0 bridgehead atoms. The second-order valence-corrected chi connectivity index (χ2v) is 3.72. The molecule has 0 fully saturated rings. The maximum Gasteiger partial charge on any atom is 0.387 e. The number of fused-ring (bicyclic) bond motifs is 1. The number of hydrogen-bond acceptors (Lipinski definition) is 3. The van der Waals surface area contributed by atoms with Crippen molar-refractivity contribution in [1.82, 2.24) is 0 Å². The van der Waals surface area contributed by atoms with Gasteiger partial charge >= 0.3 is 5.71 Å². The van der Waals surface area contributed by atoms with E-state index in [2.05, 4.69) is 4.79 Å². The molecule has 0 spiro atoms. The lowest BCUT2D eigenvalue weighted by Gasteiger charge is -1.98. The van der Waals surface area contributed by atoms with Crippen molar-refractivity contribution in [3.05, 3.63) is 54.1 Å². The summed E-state index contributed by atoms with van der Waals surface area (Å²) in [7, 11) is 0. The first-order chi connectivity index (χ1) is 8.70. The average Bonchev–Trinajstić information content (AvgIpc) is 2.39. The molecule has 0 saturated heterocycles. The van der Waals surface area contributed by atoms with E-state index in [4.69, 9.17) is 5.53 Å². The second-order valence-electron chi connectivity index (χ2n) is 3.72. The van der Waals surface area contributed by atoms with Gasteiger partial charge in [-0.2, -0.15) is 0 Å². The second kappa shape index (κ2) is 5.08. The van der Waals surface area contributed by atoms with E-state index in [-0.39, 0.29) is 0 Å². The summed E-state index contributed by atoms with van der Waals surface area (Å²) >= 11 is 0. The van der Waals surface area contributed by atoms with Gasteiger partial charge < -0.3 is 9.90 Å². The normalized spacial score (nSPS) is 10.4. The van der Waals surface area contributed by atoms with Gasteiger partial charge in [-0.1, -0.05) is 36.4 Å². The van der Waals surface area contributed by atoms with Crippen LogP contribution in [0.5, 0.6) is 0 Å². The van der Waals surface area contributed by atoms with Crippen molar-refractivity contribution in [1.29, 1.82) is 5.53 Å². The van der Waals surface area contributed by atoms with Crippen molar-refractivity contribution in [2.75, 3.05) is 0 Å². The van der Waals surface area contributed by atoms with Gasteiger partial charge in [0.1, 0.15) is 0 Å². The Bertz CT molecular complexity index is 683. The highest BCUT2D eigenvalue weighted by Gasteiger charge is 2.06. The molecule has 0 aliphatic heterocycles. The van der Waals surface area contributed by atoms with Gasteiger partial charge in [0, 0.05) is 6.08 Å². The minimum absolute atomic E-state index is 0.400. The van der Waals surface area contributed by atoms with E-state index in [1.807, 2.05) is 42.5 Å². The van der Waals surface area contributed by atoms with Crippen LogP contribution in [0.2, 0.25) is 0 Å². The van der Waals surface area contributed by atoms with Crippen molar-refractivity contribution in [2.45, 2.75) is 0 Å². The first-order valence-electron chi connectivity index (χ1n) is 5.33. The van der Waals surface area contributed by atoms with Crippen LogP contribution >= 0.6 is 0 Å². The third kappa shape index (κ3) is 2.51. The number of rotatable bonds is 3. The van der Waals surface area contributed by atoms with Gasteiger partial charge in [-0.25, -0.2) is 0 Å². The van der Waals surface area contributed by atoms with E-state index in [9.17, 15) is 9.90 Å². The van der Waals surface area contributed by atoms with Gasteiger partial charge in [0.2, 0.25) is 0 Å². The van der Waals surface area contributed by atoms with Crippen LogP contribution in [0.1, 0.15) is 5.56 Å². The quantitative estimate of drug-likeness (QED) is 0.496. The summed E-state index contributed by atoms with van der Waals surface area (Å²) in [6, 6.07) is 13.6. The van der Waals surface area contributed by atoms with Crippen LogP contribution in [-0.4, -0.2) is 16.5 Å². The first-order valence-corrected chi connectivity index (χ1v) is 5.33. The number of carboxylic acids is 1. The van der Waals surface area contributed by atoms with E-state index < -0.39 is 11.7 Å². The molecule has 18 heavy (non-hydrogen) atoms. The van der Waals surface area contributed by atoms with E-state index in [0.717, 1.165) is 16.3 Å². The van der Waals surface area contributed by atoms with E-state index in [1.54, 1.807) is 6.08 Å². The molecule has 4 heteroatoms. The number of carboxylic acid groups (broad SMARTS) is 1. The largest absolute Gasteiger partial charge is 0.538 e. The Morgan fingerprint density at radius 2 is 1.89 bits per heavy atom. The Kier molecular flexibility index (Phi) is 3.32. The van der Waals surface area contributed by atoms with E-state index >= 15 is 0 Å². The summed E-state index contributed by atoms with van der Waals surface area (Å²) in [5.74, 6) is -1.46. The van der Waals surface area contributed by atoms with Crippen LogP contribution < -0.4 is 5.11 Å². The zero-order valence-electron chi connectivity index (χ0n) is 9.46. The Balaban J connectivity index is 2.35. The fraction of sp³-hybridized carbons (Fsp3) is 0. The zero-order valence-corrected chi connectivity index (χ0v) is 9.46. The van der Waals surface area contributed by atoms with Crippen molar-refractivity contribution in [3.63, 3.8) is 0 Å². The standard InChI is InChI=1S/C14H10N2O2/c15-16-13(14(17)18)8-6-10-5-7-11-3-1-2-4-12(11)9-10/h1-9,15H. The Morgan fingerprint density at radius 3 is 2.56 bits per heavy atom. The molecule has 2 rings (SSSR count). The number of nitrogens with zero attached hydrogens (tertiary/aromatic N) is 1. The number of nitrogens with one attached hydrogen (secondary N) is 1. The van der Waals surface area contributed by atoms with Gasteiger partial charge in [-0.3, -0.25) is 0 Å². The molecule has 0 aromatic heterocycles. The average molecular weight is 238 g/mol. The molecule has 1 N–H and O–H groups in total. The molecule has 0 unspecified atom stereocenters. The van der Waals surface area contributed by atoms with Crippen LogP contribution in [0.25, 0.3) is 16.8 Å². The minimum Gasteiger partial charge on any atom is -0.538 e. The van der Waals surface area contributed by atoms with E-state index in [1.165, 1.54) is 6.08 Å². The Hall–Kier alpha value is -2.71. The Morgan fingerprint density at radius 1 is 1.17 bits per heavy atom. The van der Waals surface area contributed by atoms with Crippen molar-refractivity contribution >= 4 is 28.5 Å². The van der Waals surface area contributed by atoms with Gasteiger partial charge in [-0.15, -0.1) is 0 Å². The monoisotopic (exact) mass is 238 g/mol. The number of aliphatic carboxylic acids is 1. The van der Waals surface area contributed by atoms with Gasteiger partial charge in [0.05, 0.1) is 10.3 Å². The minimum atomic E-state index is -1.46. The first kappa shape index (κ1) is 11.8. The van der Waals surface area contributed by atoms with Gasteiger partial charge in [-0.05, 0) is 28.5 Å². The summed E-state index contributed by atoms with van der Waals surface area (Å²) in [4.78, 5) is 13.4. The number of hydrogen-bond donors (Lipinski definition) is 1. The highest BCUT2D eigenvalue weighted by Crippen LogP contribution is 2.16.